The van der Waals surface area contributed by atoms with E-state index in [1.807, 2.05) is 0 Å². The quantitative estimate of drug-likeness (QED) is 0.629. The molecule has 2 aliphatic carbocycles. The molecule has 0 amide bonds. The Morgan fingerprint density at radius 2 is 2.00 bits per heavy atom. The van der Waals surface area contributed by atoms with Crippen molar-refractivity contribution in [2.24, 2.45) is 0 Å². The van der Waals surface area contributed by atoms with Crippen molar-refractivity contribution >= 4 is 0 Å². The predicted octanol–water partition coefficient (Wildman–Crippen LogP) is 3.19. The molecule has 0 spiro atoms. The first kappa shape index (κ1) is 9.51. The highest BCUT2D eigenvalue weighted by Gasteiger charge is 2.43. The molecule has 0 aromatic carbocycles. The molecule has 0 aromatic rings. The molecule has 1 nitrogen and oxygen atoms in total. The van der Waals surface area contributed by atoms with Crippen molar-refractivity contribution in [3.63, 3.8) is 0 Å². The van der Waals surface area contributed by atoms with Crippen LogP contribution in [0.25, 0.3) is 0 Å². The van der Waals surface area contributed by atoms with Crippen molar-refractivity contribution in [1.29, 1.82) is 0 Å². The molecular formula is C12H23N. The lowest BCUT2D eigenvalue weighted by atomic mass is 9.76. The van der Waals surface area contributed by atoms with E-state index in [9.17, 15) is 0 Å². The number of hydrogen-bond donors (Lipinski definition) is 0. The lowest BCUT2D eigenvalue weighted by molar-refractivity contribution is 0.0237. The van der Waals surface area contributed by atoms with E-state index >= 15 is 0 Å². The van der Waals surface area contributed by atoms with Crippen molar-refractivity contribution in [1.82, 2.24) is 4.90 Å². The van der Waals surface area contributed by atoms with E-state index in [0.29, 0.717) is 5.54 Å². The van der Waals surface area contributed by atoms with Gasteiger partial charge in [0.2, 0.25) is 0 Å². The molecule has 2 saturated carbocycles. The van der Waals surface area contributed by atoms with Crippen molar-refractivity contribution in [3.8, 4) is 0 Å². The van der Waals surface area contributed by atoms with Crippen LogP contribution in [0.3, 0.4) is 0 Å². The maximum atomic E-state index is 2.82. The lowest BCUT2D eigenvalue weighted by Gasteiger charge is -2.48. The molecule has 2 aliphatic rings. The average Bonchev–Trinajstić information content (AvgIpc) is 2.85. The van der Waals surface area contributed by atoms with Crippen LogP contribution in [-0.4, -0.2) is 23.0 Å². The third-order valence-electron chi connectivity index (χ3n) is 3.86. The van der Waals surface area contributed by atoms with Gasteiger partial charge < -0.3 is 0 Å². The highest BCUT2D eigenvalue weighted by molar-refractivity contribution is 5.00. The van der Waals surface area contributed by atoms with E-state index < -0.39 is 0 Å². The van der Waals surface area contributed by atoms with E-state index in [1.54, 1.807) is 0 Å². The molecule has 76 valence electrons. The third-order valence-corrected chi connectivity index (χ3v) is 3.86. The topological polar surface area (TPSA) is 3.24 Å². The van der Waals surface area contributed by atoms with Crippen LogP contribution >= 0.6 is 0 Å². The molecule has 1 heteroatoms. The predicted molar refractivity (Wildman–Crippen MR) is 56.9 cm³/mol. The smallest absolute Gasteiger partial charge is 0.0184 e. The van der Waals surface area contributed by atoms with Gasteiger partial charge in [-0.1, -0.05) is 13.3 Å². The number of nitrogens with zero attached hydrogens (tertiary/aromatic N) is 1. The zero-order chi connectivity index (χ0) is 9.31. The third kappa shape index (κ3) is 1.90. The van der Waals surface area contributed by atoms with Crippen molar-refractivity contribution < 1.29 is 0 Å². The zero-order valence-corrected chi connectivity index (χ0v) is 9.18. The van der Waals surface area contributed by atoms with E-state index in [-0.39, 0.29) is 0 Å². The largest absolute Gasteiger partial charge is 0.295 e. The van der Waals surface area contributed by atoms with Crippen molar-refractivity contribution in [2.75, 3.05) is 6.54 Å². The first-order valence-corrected chi connectivity index (χ1v) is 6.03. The summed E-state index contributed by atoms with van der Waals surface area (Å²) >= 11 is 0. The maximum absolute atomic E-state index is 2.82. The molecule has 13 heavy (non-hydrogen) atoms. The van der Waals surface area contributed by atoms with E-state index in [0.717, 1.165) is 6.04 Å². The Labute approximate surface area is 82.5 Å². The first-order chi connectivity index (χ1) is 6.26. The SMILES string of the molecule is CCCCN(C1CC1)C1(C)CCC1. The molecule has 2 rings (SSSR count). The normalized spacial score (nSPS) is 26.1. The van der Waals surface area contributed by atoms with Crippen LogP contribution in [-0.2, 0) is 0 Å². The van der Waals surface area contributed by atoms with Gasteiger partial charge in [-0.15, -0.1) is 0 Å². The molecular weight excluding hydrogens is 158 g/mol. The molecule has 0 aliphatic heterocycles. The van der Waals surface area contributed by atoms with Crippen LogP contribution in [0.5, 0.6) is 0 Å². The standard InChI is InChI=1S/C12H23N/c1-3-4-10-13(11-6-7-11)12(2)8-5-9-12/h11H,3-10H2,1-2H3. The van der Waals surface area contributed by atoms with Gasteiger partial charge >= 0.3 is 0 Å². The van der Waals surface area contributed by atoms with E-state index in [2.05, 4.69) is 18.7 Å². The van der Waals surface area contributed by atoms with E-state index in [1.165, 1.54) is 51.5 Å². The molecule has 2 fully saturated rings. The second-order valence-corrected chi connectivity index (χ2v) is 5.13. The van der Waals surface area contributed by atoms with Gasteiger partial charge in [-0.25, -0.2) is 0 Å². The summed E-state index contributed by atoms with van der Waals surface area (Å²) in [5.41, 5.74) is 0.607. The summed E-state index contributed by atoms with van der Waals surface area (Å²) in [4.78, 5) is 2.82. The molecule has 0 radical (unpaired) electrons. The second kappa shape index (κ2) is 3.61. The summed E-state index contributed by atoms with van der Waals surface area (Å²) < 4.78 is 0. The Balaban J connectivity index is 1.88. The molecule has 0 unspecified atom stereocenters. The van der Waals surface area contributed by atoms with E-state index in [4.69, 9.17) is 0 Å². The minimum Gasteiger partial charge on any atom is -0.295 e. The highest BCUT2D eigenvalue weighted by Crippen LogP contribution is 2.43. The molecule has 0 saturated heterocycles. The Hall–Kier alpha value is -0.0400. The van der Waals surface area contributed by atoms with Crippen molar-refractivity contribution in [3.05, 3.63) is 0 Å². The molecule has 0 atom stereocenters. The summed E-state index contributed by atoms with van der Waals surface area (Å²) in [6.07, 6.45) is 10.1. The number of rotatable bonds is 5. The van der Waals surface area contributed by atoms with Gasteiger partial charge in [-0.2, -0.15) is 0 Å². The number of hydrogen-bond acceptors (Lipinski definition) is 1. The summed E-state index contributed by atoms with van der Waals surface area (Å²) in [6.45, 7) is 6.14. The minimum atomic E-state index is 0.607. The summed E-state index contributed by atoms with van der Waals surface area (Å²) in [7, 11) is 0. The Bertz CT molecular complexity index is 168. The molecule has 0 bridgehead atoms. The van der Waals surface area contributed by atoms with Gasteiger partial charge in [0.05, 0.1) is 0 Å². The molecule has 0 aromatic heterocycles. The average molecular weight is 181 g/mol. The fourth-order valence-electron chi connectivity index (χ4n) is 2.58. The summed E-state index contributed by atoms with van der Waals surface area (Å²) in [5.74, 6) is 0. The van der Waals surface area contributed by atoms with Crippen LogP contribution in [0, 0.1) is 0 Å². The first-order valence-electron chi connectivity index (χ1n) is 6.03. The number of unbranched alkanes of at least 4 members (excludes halogenated alkanes) is 1. The lowest BCUT2D eigenvalue weighted by Crippen LogP contribution is -2.52. The summed E-state index contributed by atoms with van der Waals surface area (Å²) in [5, 5.41) is 0. The van der Waals surface area contributed by atoms with Crippen LogP contribution in [0.2, 0.25) is 0 Å². The fourth-order valence-corrected chi connectivity index (χ4v) is 2.58. The van der Waals surface area contributed by atoms with Gasteiger partial charge in [0.25, 0.3) is 0 Å². The van der Waals surface area contributed by atoms with Crippen LogP contribution in [0.4, 0.5) is 0 Å². The molecule has 0 heterocycles. The second-order valence-electron chi connectivity index (χ2n) is 5.13. The Morgan fingerprint density at radius 3 is 2.38 bits per heavy atom. The minimum absolute atomic E-state index is 0.607. The van der Waals surface area contributed by atoms with Crippen LogP contribution < -0.4 is 0 Å². The van der Waals surface area contributed by atoms with Gasteiger partial charge in [0.15, 0.2) is 0 Å². The zero-order valence-electron chi connectivity index (χ0n) is 9.18. The molecule has 0 N–H and O–H groups in total. The van der Waals surface area contributed by atoms with Gasteiger partial charge in [0, 0.05) is 11.6 Å². The fraction of sp³-hybridized carbons (Fsp3) is 1.00. The highest BCUT2D eigenvalue weighted by atomic mass is 15.2. The maximum Gasteiger partial charge on any atom is 0.0184 e. The van der Waals surface area contributed by atoms with Gasteiger partial charge in [-0.3, -0.25) is 4.90 Å². The Morgan fingerprint density at radius 1 is 1.31 bits per heavy atom. The summed E-state index contributed by atoms with van der Waals surface area (Å²) in [6, 6.07) is 0.969. The van der Waals surface area contributed by atoms with Gasteiger partial charge in [0.1, 0.15) is 0 Å². The van der Waals surface area contributed by atoms with Gasteiger partial charge in [-0.05, 0) is 52.0 Å². The van der Waals surface area contributed by atoms with Crippen LogP contribution in [0.1, 0.15) is 58.8 Å². The Kier molecular flexibility index (Phi) is 2.64. The monoisotopic (exact) mass is 181 g/mol. The van der Waals surface area contributed by atoms with Crippen LogP contribution in [0.15, 0.2) is 0 Å². The van der Waals surface area contributed by atoms with Crippen molar-refractivity contribution in [2.45, 2.75) is 70.4 Å².